The molecular weight excluding hydrogens is 432 g/mol. The lowest BCUT2D eigenvalue weighted by Gasteiger charge is -2.26. The Balaban J connectivity index is 1.90. The molecule has 7 heteroatoms. The zero-order valence-corrected chi connectivity index (χ0v) is 19.2. The minimum Gasteiger partial charge on any atom is -0.348 e. The summed E-state index contributed by atoms with van der Waals surface area (Å²) >= 11 is 6.30. The van der Waals surface area contributed by atoms with E-state index in [9.17, 15) is 13.2 Å². The first kappa shape index (κ1) is 22.8. The summed E-state index contributed by atoms with van der Waals surface area (Å²) in [5, 5.41) is 3.13. The molecule has 3 aromatic rings. The molecule has 0 saturated carbocycles. The Morgan fingerprint density at radius 3 is 2.06 bits per heavy atom. The molecule has 0 spiro atoms. The maximum atomic E-state index is 13.4. The van der Waals surface area contributed by atoms with Crippen LogP contribution < -0.4 is 9.62 Å². The van der Waals surface area contributed by atoms with Crippen LogP contribution in [0.25, 0.3) is 0 Å². The Morgan fingerprint density at radius 1 is 0.935 bits per heavy atom. The van der Waals surface area contributed by atoms with Crippen LogP contribution >= 0.6 is 11.6 Å². The highest BCUT2D eigenvalue weighted by atomic mass is 35.5. The van der Waals surface area contributed by atoms with E-state index in [1.807, 2.05) is 45.0 Å². The number of nitrogens with zero attached hydrogens (tertiary/aromatic N) is 1. The molecule has 3 rings (SSSR count). The predicted molar refractivity (Wildman–Crippen MR) is 125 cm³/mol. The second-order valence-corrected chi connectivity index (χ2v) is 9.75. The number of hydrogen-bond donors (Lipinski definition) is 1. The zero-order valence-electron chi connectivity index (χ0n) is 17.7. The second-order valence-electron chi connectivity index (χ2n) is 7.48. The zero-order chi connectivity index (χ0) is 22.6. The van der Waals surface area contributed by atoms with Crippen LogP contribution in [0.15, 0.2) is 77.7 Å². The lowest BCUT2D eigenvalue weighted by atomic mass is 10.1. The van der Waals surface area contributed by atoms with Crippen LogP contribution in [0.3, 0.4) is 0 Å². The van der Waals surface area contributed by atoms with E-state index >= 15 is 0 Å². The van der Waals surface area contributed by atoms with Gasteiger partial charge in [-0.25, -0.2) is 8.42 Å². The minimum absolute atomic E-state index is 0.0948. The van der Waals surface area contributed by atoms with Crippen molar-refractivity contribution in [3.8, 4) is 0 Å². The molecule has 0 aliphatic heterocycles. The van der Waals surface area contributed by atoms with Crippen LogP contribution in [-0.2, 0) is 14.8 Å². The molecule has 0 saturated heterocycles. The fourth-order valence-electron chi connectivity index (χ4n) is 3.15. The molecule has 0 aliphatic rings. The van der Waals surface area contributed by atoms with E-state index in [-0.39, 0.29) is 21.6 Å². The van der Waals surface area contributed by atoms with E-state index in [1.54, 1.807) is 36.4 Å². The summed E-state index contributed by atoms with van der Waals surface area (Å²) in [6.07, 6.45) is 0. The molecule has 1 atom stereocenters. The van der Waals surface area contributed by atoms with E-state index in [4.69, 9.17) is 11.6 Å². The van der Waals surface area contributed by atoms with Crippen LogP contribution in [-0.4, -0.2) is 20.9 Å². The summed E-state index contributed by atoms with van der Waals surface area (Å²) in [5.74, 6) is -0.427. The molecule has 31 heavy (non-hydrogen) atoms. The Bertz CT molecular complexity index is 1160. The number of nitrogens with one attached hydrogen (secondary N) is 1. The van der Waals surface area contributed by atoms with Gasteiger partial charge < -0.3 is 5.32 Å². The van der Waals surface area contributed by atoms with Gasteiger partial charge in [0.1, 0.15) is 6.54 Å². The maximum absolute atomic E-state index is 13.4. The maximum Gasteiger partial charge on any atom is 0.264 e. The quantitative estimate of drug-likeness (QED) is 0.542. The minimum atomic E-state index is -4.01. The van der Waals surface area contributed by atoms with Gasteiger partial charge in [-0.05, 0) is 50.6 Å². The first-order valence-corrected chi connectivity index (χ1v) is 11.7. The number of carbonyl (C=O) groups is 1. The van der Waals surface area contributed by atoms with Gasteiger partial charge in [0, 0.05) is 0 Å². The van der Waals surface area contributed by atoms with E-state index in [0.29, 0.717) is 0 Å². The fraction of sp³-hybridized carbons (Fsp3) is 0.208. The van der Waals surface area contributed by atoms with Gasteiger partial charge in [-0.3, -0.25) is 9.10 Å². The number of carbonyl (C=O) groups excluding carboxylic acids is 1. The van der Waals surface area contributed by atoms with Crippen LogP contribution in [0.1, 0.15) is 29.7 Å². The SMILES string of the molecule is Cc1ccc([C@@H](C)NC(=O)CN(c2ccccc2Cl)S(=O)(=O)c2ccc(C)cc2)cc1. The average molecular weight is 457 g/mol. The van der Waals surface area contributed by atoms with Gasteiger partial charge in [0.05, 0.1) is 21.6 Å². The third-order valence-electron chi connectivity index (χ3n) is 4.97. The Morgan fingerprint density at radius 2 is 1.48 bits per heavy atom. The Labute approximate surface area is 188 Å². The van der Waals surface area contributed by atoms with Crippen molar-refractivity contribution < 1.29 is 13.2 Å². The highest BCUT2D eigenvalue weighted by Gasteiger charge is 2.29. The molecule has 0 aliphatic carbocycles. The summed E-state index contributed by atoms with van der Waals surface area (Å²) in [6, 6.07) is 20.6. The molecule has 0 aromatic heterocycles. The van der Waals surface area contributed by atoms with Crippen LogP contribution in [0.5, 0.6) is 0 Å². The van der Waals surface area contributed by atoms with Crippen LogP contribution in [0.2, 0.25) is 5.02 Å². The first-order chi connectivity index (χ1) is 14.7. The summed E-state index contributed by atoms with van der Waals surface area (Å²) in [7, 11) is -4.01. The van der Waals surface area contributed by atoms with Crippen molar-refractivity contribution in [1.82, 2.24) is 5.32 Å². The van der Waals surface area contributed by atoms with Gasteiger partial charge >= 0.3 is 0 Å². The highest BCUT2D eigenvalue weighted by molar-refractivity contribution is 7.92. The molecule has 0 fully saturated rings. The van der Waals surface area contributed by atoms with Crippen LogP contribution in [0.4, 0.5) is 5.69 Å². The molecule has 0 bridgehead atoms. The van der Waals surface area contributed by atoms with Gasteiger partial charge in [0.15, 0.2) is 0 Å². The molecule has 1 amide bonds. The molecule has 5 nitrogen and oxygen atoms in total. The molecule has 0 unspecified atom stereocenters. The molecule has 0 radical (unpaired) electrons. The van der Waals surface area contributed by atoms with Crippen molar-refractivity contribution in [2.24, 2.45) is 0 Å². The number of benzene rings is 3. The molecule has 162 valence electrons. The summed E-state index contributed by atoms with van der Waals surface area (Å²) in [5.41, 5.74) is 3.25. The third-order valence-corrected chi connectivity index (χ3v) is 7.07. The summed E-state index contributed by atoms with van der Waals surface area (Å²) < 4.78 is 27.9. The Kier molecular flexibility index (Phi) is 7.03. The first-order valence-electron chi connectivity index (χ1n) is 9.88. The number of amides is 1. The number of hydrogen-bond acceptors (Lipinski definition) is 3. The molecule has 3 aromatic carbocycles. The van der Waals surface area contributed by atoms with Crippen molar-refractivity contribution in [2.75, 3.05) is 10.8 Å². The van der Waals surface area contributed by atoms with E-state index in [0.717, 1.165) is 21.0 Å². The van der Waals surface area contributed by atoms with Crippen molar-refractivity contribution in [3.63, 3.8) is 0 Å². The lowest BCUT2D eigenvalue weighted by Crippen LogP contribution is -2.41. The number of sulfonamides is 1. The number of halogens is 1. The van der Waals surface area contributed by atoms with E-state index < -0.39 is 22.5 Å². The standard InChI is InChI=1S/C24H25ClN2O3S/c1-17-8-12-20(13-9-17)19(3)26-24(28)16-27(23-7-5-4-6-22(23)25)31(29,30)21-14-10-18(2)11-15-21/h4-15,19H,16H2,1-3H3,(H,26,28)/t19-/m1/s1. The topological polar surface area (TPSA) is 66.5 Å². The van der Waals surface area contributed by atoms with Gasteiger partial charge in [0.2, 0.25) is 5.91 Å². The number of aryl methyl sites for hydroxylation is 2. The molecular formula is C24H25ClN2O3S. The van der Waals surface area contributed by atoms with Crippen molar-refractivity contribution >= 4 is 33.2 Å². The largest absolute Gasteiger partial charge is 0.348 e. The predicted octanol–water partition coefficient (Wildman–Crippen LogP) is 5.03. The fourth-order valence-corrected chi connectivity index (χ4v) is 4.87. The van der Waals surface area contributed by atoms with Gasteiger partial charge in [0.25, 0.3) is 10.0 Å². The summed E-state index contributed by atoms with van der Waals surface area (Å²) in [4.78, 5) is 13.0. The highest BCUT2D eigenvalue weighted by Crippen LogP contribution is 2.30. The third kappa shape index (κ3) is 5.46. The van der Waals surface area contributed by atoms with Crippen molar-refractivity contribution in [3.05, 3.63) is 94.5 Å². The Hall–Kier alpha value is -2.83. The monoisotopic (exact) mass is 456 g/mol. The number of rotatable bonds is 7. The smallest absolute Gasteiger partial charge is 0.264 e. The number of anilines is 1. The molecule has 0 heterocycles. The average Bonchev–Trinajstić information content (AvgIpc) is 2.73. The van der Waals surface area contributed by atoms with Gasteiger partial charge in [-0.15, -0.1) is 0 Å². The van der Waals surface area contributed by atoms with Crippen molar-refractivity contribution in [1.29, 1.82) is 0 Å². The van der Waals surface area contributed by atoms with Gasteiger partial charge in [-0.2, -0.15) is 0 Å². The van der Waals surface area contributed by atoms with Gasteiger partial charge in [-0.1, -0.05) is 71.3 Å². The normalized spacial score (nSPS) is 12.3. The summed E-state index contributed by atoms with van der Waals surface area (Å²) in [6.45, 7) is 5.33. The second kappa shape index (κ2) is 9.54. The van der Waals surface area contributed by atoms with Crippen molar-refractivity contribution in [2.45, 2.75) is 31.7 Å². The molecule has 1 N–H and O–H groups in total. The van der Waals surface area contributed by atoms with E-state index in [2.05, 4.69) is 5.32 Å². The number of para-hydroxylation sites is 1. The van der Waals surface area contributed by atoms with E-state index in [1.165, 1.54) is 12.1 Å². The lowest BCUT2D eigenvalue weighted by molar-refractivity contribution is -0.120. The van der Waals surface area contributed by atoms with Crippen LogP contribution in [0, 0.1) is 13.8 Å².